The molecule has 148 valence electrons. The molecule has 0 aromatic carbocycles. The zero-order valence-electron chi connectivity index (χ0n) is 16.5. The van der Waals surface area contributed by atoms with Crippen molar-refractivity contribution in [1.82, 2.24) is 0 Å². The molecule has 5 rings (SSSR count). The van der Waals surface area contributed by atoms with Crippen molar-refractivity contribution >= 4 is 0 Å². The van der Waals surface area contributed by atoms with Gasteiger partial charge in [-0.05, 0) is 81.0 Å². The summed E-state index contributed by atoms with van der Waals surface area (Å²) in [6.45, 7) is 6.20. The van der Waals surface area contributed by atoms with Gasteiger partial charge < -0.3 is 19.7 Å². The van der Waals surface area contributed by atoms with Crippen LogP contribution in [0, 0.1) is 34.5 Å². The van der Waals surface area contributed by atoms with E-state index in [4.69, 9.17) is 9.47 Å². The van der Waals surface area contributed by atoms with Gasteiger partial charge in [0, 0.05) is 11.3 Å². The van der Waals surface area contributed by atoms with Crippen LogP contribution in [-0.2, 0) is 9.47 Å². The molecule has 4 nitrogen and oxygen atoms in total. The normalized spacial score (nSPS) is 57.5. The minimum atomic E-state index is -0.570. The lowest BCUT2D eigenvalue weighted by Crippen LogP contribution is -2.62. The third kappa shape index (κ3) is 2.22. The minimum absolute atomic E-state index is 0.0828. The van der Waals surface area contributed by atoms with Gasteiger partial charge in [-0.2, -0.15) is 0 Å². The molecular formula is C22H36O4. The second-order valence-corrected chi connectivity index (χ2v) is 10.6. The van der Waals surface area contributed by atoms with Crippen molar-refractivity contribution in [2.75, 3.05) is 13.2 Å². The standard InChI is InChI=1S/C22H36O4/c1-20-8-5-15(23)13-14(20)3-4-17-16(20)6-9-21(2)18(7-10-22(17,21)24)19-25-11-12-26-19/h14-19,23-24H,3-13H2,1-2H3/t14?,15?,16-,17-,18?,20+,21-,22-/m1/s1. The van der Waals surface area contributed by atoms with Crippen LogP contribution in [0.2, 0.25) is 0 Å². The summed E-state index contributed by atoms with van der Waals surface area (Å²) >= 11 is 0. The van der Waals surface area contributed by atoms with Crippen LogP contribution in [0.4, 0.5) is 0 Å². The fourth-order valence-corrected chi connectivity index (χ4v) is 8.29. The Morgan fingerprint density at radius 2 is 1.54 bits per heavy atom. The third-order valence-corrected chi connectivity index (χ3v) is 9.87. The van der Waals surface area contributed by atoms with Crippen molar-refractivity contribution < 1.29 is 19.7 Å². The monoisotopic (exact) mass is 364 g/mol. The van der Waals surface area contributed by atoms with E-state index in [-0.39, 0.29) is 17.8 Å². The van der Waals surface area contributed by atoms with Gasteiger partial charge in [-0.15, -0.1) is 0 Å². The van der Waals surface area contributed by atoms with Gasteiger partial charge in [0.2, 0.25) is 0 Å². The molecule has 4 saturated carbocycles. The molecule has 1 heterocycles. The Morgan fingerprint density at radius 1 is 0.808 bits per heavy atom. The highest BCUT2D eigenvalue weighted by Gasteiger charge is 2.68. The van der Waals surface area contributed by atoms with E-state index in [0.29, 0.717) is 42.3 Å². The van der Waals surface area contributed by atoms with Gasteiger partial charge in [0.25, 0.3) is 0 Å². The highest BCUT2D eigenvalue weighted by atomic mass is 16.7. The topological polar surface area (TPSA) is 58.9 Å². The first-order valence-corrected chi connectivity index (χ1v) is 11.0. The van der Waals surface area contributed by atoms with Gasteiger partial charge in [-0.3, -0.25) is 0 Å². The van der Waals surface area contributed by atoms with Crippen LogP contribution in [0.1, 0.15) is 71.6 Å². The SMILES string of the molecule is C[C@]12CCC(O)CC1CC[C@@H]1[C@H]2CC[C@]2(C)C(C3OCCO3)CC[C@@]12O. The van der Waals surface area contributed by atoms with Gasteiger partial charge in [-0.1, -0.05) is 13.8 Å². The quantitative estimate of drug-likeness (QED) is 0.748. The van der Waals surface area contributed by atoms with Crippen LogP contribution in [0.3, 0.4) is 0 Å². The summed E-state index contributed by atoms with van der Waals surface area (Å²) in [6, 6.07) is 0. The van der Waals surface area contributed by atoms with Crippen molar-refractivity contribution in [2.24, 2.45) is 34.5 Å². The molecule has 0 aromatic heterocycles. The summed E-state index contributed by atoms with van der Waals surface area (Å²) in [7, 11) is 0. The molecule has 26 heavy (non-hydrogen) atoms. The molecular weight excluding hydrogens is 328 g/mol. The van der Waals surface area contributed by atoms with Crippen LogP contribution in [0.15, 0.2) is 0 Å². The molecule has 5 aliphatic rings. The Kier molecular flexibility index (Phi) is 4.08. The lowest BCUT2D eigenvalue weighted by Gasteiger charge is -2.63. The van der Waals surface area contributed by atoms with E-state index < -0.39 is 5.60 Å². The van der Waals surface area contributed by atoms with Gasteiger partial charge in [-0.25, -0.2) is 0 Å². The molecule has 4 aliphatic carbocycles. The second kappa shape index (κ2) is 5.92. The maximum atomic E-state index is 12.1. The van der Waals surface area contributed by atoms with E-state index in [9.17, 15) is 10.2 Å². The summed E-state index contributed by atoms with van der Waals surface area (Å²) < 4.78 is 11.8. The Morgan fingerprint density at radius 3 is 2.31 bits per heavy atom. The summed E-state index contributed by atoms with van der Waals surface area (Å²) in [5.41, 5.74) is -0.349. The summed E-state index contributed by atoms with van der Waals surface area (Å²) in [5.74, 6) is 1.98. The van der Waals surface area contributed by atoms with Crippen molar-refractivity contribution in [3.63, 3.8) is 0 Å². The molecule has 0 radical (unpaired) electrons. The average molecular weight is 365 g/mol. The van der Waals surface area contributed by atoms with Gasteiger partial charge in [0.05, 0.1) is 24.9 Å². The Labute approximate surface area is 157 Å². The zero-order valence-corrected chi connectivity index (χ0v) is 16.5. The van der Waals surface area contributed by atoms with Crippen LogP contribution < -0.4 is 0 Å². The molecule has 2 N–H and O–H groups in total. The number of fused-ring (bicyclic) bond motifs is 5. The molecule has 0 aromatic rings. The minimum Gasteiger partial charge on any atom is -0.393 e. The zero-order chi connectivity index (χ0) is 18.2. The first-order chi connectivity index (χ1) is 12.4. The number of aliphatic hydroxyl groups excluding tert-OH is 1. The summed E-state index contributed by atoms with van der Waals surface area (Å²) in [6.07, 6.45) is 9.37. The largest absolute Gasteiger partial charge is 0.393 e. The fourth-order valence-electron chi connectivity index (χ4n) is 8.29. The Hall–Kier alpha value is -0.160. The van der Waals surface area contributed by atoms with E-state index in [0.717, 1.165) is 44.9 Å². The lowest BCUT2D eigenvalue weighted by atomic mass is 9.43. The lowest BCUT2D eigenvalue weighted by molar-refractivity contribution is -0.227. The molecule has 0 spiro atoms. The first-order valence-electron chi connectivity index (χ1n) is 11.0. The van der Waals surface area contributed by atoms with E-state index in [1.165, 1.54) is 12.8 Å². The average Bonchev–Trinajstić information content (AvgIpc) is 3.21. The highest BCUT2D eigenvalue weighted by molar-refractivity contribution is 5.17. The summed E-state index contributed by atoms with van der Waals surface area (Å²) in [4.78, 5) is 0. The van der Waals surface area contributed by atoms with Crippen LogP contribution >= 0.6 is 0 Å². The van der Waals surface area contributed by atoms with E-state index >= 15 is 0 Å². The molecule has 0 bridgehead atoms. The Balaban J connectivity index is 1.45. The molecule has 3 unspecified atom stereocenters. The molecule has 1 aliphatic heterocycles. The molecule has 0 amide bonds. The Bertz CT molecular complexity index is 560. The van der Waals surface area contributed by atoms with Crippen molar-refractivity contribution in [3.05, 3.63) is 0 Å². The number of rotatable bonds is 1. The van der Waals surface area contributed by atoms with Gasteiger partial charge in [0.1, 0.15) is 0 Å². The maximum Gasteiger partial charge on any atom is 0.161 e. The van der Waals surface area contributed by atoms with Crippen LogP contribution in [0.25, 0.3) is 0 Å². The smallest absolute Gasteiger partial charge is 0.161 e. The maximum absolute atomic E-state index is 12.1. The number of hydrogen-bond donors (Lipinski definition) is 2. The predicted molar refractivity (Wildman–Crippen MR) is 98.4 cm³/mol. The summed E-state index contributed by atoms with van der Waals surface area (Å²) in [5, 5.41) is 22.3. The van der Waals surface area contributed by atoms with Crippen LogP contribution in [0.5, 0.6) is 0 Å². The number of aliphatic hydroxyl groups is 2. The molecule has 1 saturated heterocycles. The first kappa shape index (κ1) is 17.9. The highest BCUT2D eigenvalue weighted by Crippen LogP contribution is 2.69. The predicted octanol–water partition coefficient (Wildman–Crippen LogP) is 3.49. The fraction of sp³-hybridized carbons (Fsp3) is 1.00. The van der Waals surface area contributed by atoms with Crippen molar-refractivity contribution in [3.8, 4) is 0 Å². The molecule has 5 fully saturated rings. The van der Waals surface area contributed by atoms with Crippen molar-refractivity contribution in [2.45, 2.75) is 89.6 Å². The van der Waals surface area contributed by atoms with E-state index in [1.54, 1.807) is 0 Å². The van der Waals surface area contributed by atoms with Gasteiger partial charge >= 0.3 is 0 Å². The number of hydrogen-bond acceptors (Lipinski definition) is 4. The number of ether oxygens (including phenoxy) is 2. The molecule has 4 heteroatoms. The van der Waals surface area contributed by atoms with Gasteiger partial charge in [0.15, 0.2) is 6.29 Å². The molecule has 8 atom stereocenters. The van der Waals surface area contributed by atoms with Crippen molar-refractivity contribution in [1.29, 1.82) is 0 Å². The van der Waals surface area contributed by atoms with E-state index in [1.807, 2.05) is 0 Å². The van der Waals surface area contributed by atoms with E-state index in [2.05, 4.69) is 13.8 Å². The second-order valence-electron chi connectivity index (χ2n) is 10.6. The third-order valence-electron chi connectivity index (χ3n) is 9.87. The van der Waals surface area contributed by atoms with Crippen LogP contribution in [-0.4, -0.2) is 41.4 Å².